The van der Waals surface area contributed by atoms with Gasteiger partial charge in [0.2, 0.25) is 5.76 Å². The van der Waals surface area contributed by atoms with Gasteiger partial charge < -0.3 is 15.5 Å². The molecule has 0 aliphatic heterocycles. The predicted octanol–water partition coefficient (Wildman–Crippen LogP) is 1.40. The van der Waals surface area contributed by atoms with Crippen molar-refractivity contribution in [1.29, 1.82) is 0 Å². The van der Waals surface area contributed by atoms with Gasteiger partial charge in [0, 0.05) is 12.1 Å². The summed E-state index contributed by atoms with van der Waals surface area (Å²) in [5.41, 5.74) is 6.57. The van der Waals surface area contributed by atoms with Gasteiger partial charge in [0.15, 0.2) is 6.39 Å². The van der Waals surface area contributed by atoms with E-state index in [1.807, 2.05) is 0 Å². The summed E-state index contributed by atoms with van der Waals surface area (Å²) in [6, 6.07) is 0.117. The summed E-state index contributed by atoms with van der Waals surface area (Å²) >= 11 is 0. The second kappa shape index (κ2) is 6.02. The van der Waals surface area contributed by atoms with Crippen molar-refractivity contribution in [2.24, 2.45) is 5.73 Å². The van der Waals surface area contributed by atoms with Gasteiger partial charge in [-0.15, -0.1) is 12.4 Å². The Morgan fingerprint density at radius 3 is 2.82 bits per heavy atom. The molecule has 0 unspecified atom stereocenters. The van der Waals surface area contributed by atoms with Crippen molar-refractivity contribution >= 4 is 18.3 Å². The van der Waals surface area contributed by atoms with Gasteiger partial charge in [0.25, 0.3) is 5.91 Å². The lowest BCUT2D eigenvalue weighted by atomic mass is 9.91. The SMILES string of the molecule is Cc1ncoc1C(=O)N[C@@H]1CCCC[C@H]1N.Cl. The van der Waals surface area contributed by atoms with E-state index in [0.29, 0.717) is 5.69 Å². The quantitative estimate of drug-likeness (QED) is 0.841. The molecule has 0 bridgehead atoms. The van der Waals surface area contributed by atoms with Crippen molar-refractivity contribution in [2.75, 3.05) is 0 Å². The van der Waals surface area contributed by atoms with Gasteiger partial charge >= 0.3 is 0 Å². The number of halogens is 1. The van der Waals surface area contributed by atoms with Gasteiger partial charge in [-0.1, -0.05) is 12.8 Å². The molecule has 0 aromatic carbocycles. The Morgan fingerprint density at radius 2 is 2.24 bits per heavy atom. The zero-order chi connectivity index (χ0) is 11.5. The molecular weight excluding hydrogens is 242 g/mol. The van der Waals surface area contributed by atoms with Gasteiger partial charge in [-0.3, -0.25) is 4.79 Å². The highest BCUT2D eigenvalue weighted by atomic mass is 35.5. The number of oxazole rings is 1. The van der Waals surface area contributed by atoms with Crippen LogP contribution in [0.5, 0.6) is 0 Å². The fourth-order valence-corrected chi connectivity index (χ4v) is 2.09. The van der Waals surface area contributed by atoms with Crippen LogP contribution in [-0.4, -0.2) is 23.0 Å². The Kier molecular flexibility index (Phi) is 4.96. The highest BCUT2D eigenvalue weighted by Gasteiger charge is 2.25. The molecule has 0 radical (unpaired) electrons. The minimum Gasteiger partial charge on any atom is -0.438 e. The van der Waals surface area contributed by atoms with Gasteiger partial charge in [-0.2, -0.15) is 0 Å². The van der Waals surface area contributed by atoms with Crippen LogP contribution in [0, 0.1) is 6.92 Å². The fraction of sp³-hybridized carbons (Fsp3) is 0.636. The number of carbonyl (C=O) groups excluding carboxylic acids is 1. The lowest BCUT2D eigenvalue weighted by molar-refractivity contribution is 0.0892. The molecule has 2 rings (SSSR count). The minimum absolute atomic E-state index is 0. The number of hydrogen-bond donors (Lipinski definition) is 2. The third-order valence-corrected chi connectivity index (χ3v) is 3.09. The van der Waals surface area contributed by atoms with Crippen molar-refractivity contribution in [3.8, 4) is 0 Å². The van der Waals surface area contributed by atoms with Crippen molar-refractivity contribution in [3.05, 3.63) is 17.8 Å². The second-order valence-corrected chi connectivity index (χ2v) is 4.30. The van der Waals surface area contributed by atoms with E-state index in [-0.39, 0.29) is 36.2 Å². The van der Waals surface area contributed by atoms with E-state index in [0.717, 1.165) is 25.7 Å². The van der Waals surface area contributed by atoms with Crippen LogP contribution in [0.15, 0.2) is 10.8 Å². The van der Waals surface area contributed by atoms with Gasteiger partial charge in [-0.25, -0.2) is 4.98 Å². The van der Waals surface area contributed by atoms with Crippen LogP contribution in [0.1, 0.15) is 41.9 Å². The number of carbonyl (C=O) groups is 1. The monoisotopic (exact) mass is 259 g/mol. The second-order valence-electron chi connectivity index (χ2n) is 4.30. The van der Waals surface area contributed by atoms with Crippen LogP contribution in [0.2, 0.25) is 0 Å². The number of amides is 1. The van der Waals surface area contributed by atoms with Crippen LogP contribution in [0.4, 0.5) is 0 Å². The molecule has 0 saturated heterocycles. The third-order valence-electron chi connectivity index (χ3n) is 3.09. The van der Waals surface area contributed by atoms with Crippen LogP contribution in [0.3, 0.4) is 0 Å². The first-order valence-electron chi connectivity index (χ1n) is 5.65. The molecule has 17 heavy (non-hydrogen) atoms. The number of rotatable bonds is 2. The summed E-state index contributed by atoms with van der Waals surface area (Å²) in [5, 5.41) is 2.91. The van der Waals surface area contributed by atoms with Crippen molar-refractivity contribution in [1.82, 2.24) is 10.3 Å². The highest BCUT2D eigenvalue weighted by molar-refractivity contribution is 5.92. The van der Waals surface area contributed by atoms with Crippen LogP contribution in [0.25, 0.3) is 0 Å². The molecule has 1 aromatic heterocycles. The summed E-state index contributed by atoms with van der Waals surface area (Å²) in [5.74, 6) is 0.0788. The highest BCUT2D eigenvalue weighted by Crippen LogP contribution is 2.17. The topological polar surface area (TPSA) is 81.2 Å². The van der Waals surface area contributed by atoms with Crippen molar-refractivity contribution in [3.63, 3.8) is 0 Å². The molecular formula is C11H18ClN3O2. The van der Waals surface area contributed by atoms with E-state index in [9.17, 15) is 4.79 Å². The Morgan fingerprint density at radius 1 is 1.53 bits per heavy atom. The first-order chi connectivity index (χ1) is 7.68. The molecule has 5 nitrogen and oxygen atoms in total. The molecule has 1 saturated carbocycles. The average molecular weight is 260 g/mol. The first-order valence-corrected chi connectivity index (χ1v) is 5.65. The van der Waals surface area contributed by atoms with Gasteiger partial charge in [0.05, 0.1) is 5.69 Å². The number of nitrogens with zero attached hydrogens (tertiary/aromatic N) is 1. The maximum absolute atomic E-state index is 11.8. The maximum atomic E-state index is 11.8. The summed E-state index contributed by atoms with van der Waals surface area (Å²) < 4.78 is 5.04. The van der Waals surface area contributed by atoms with E-state index in [1.165, 1.54) is 6.39 Å². The summed E-state index contributed by atoms with van der Waals surface area (Å²) in [4.78, 5) is 15.7. The lowest BCUT2D eigenvalue weighted by Crippen LogP contribution is -2.49. The molecule has 2 atom stereocenters. The molecule has 1 heterocycles. The molecule has 1 amide bonds. The minimum atomic E-state index is -0.211. The lowest BCUT2D eigenvalue weighted by Gasteiger charge is -2.28. The molecule has 1 aromatic rings. The standard InChI is InChI=1S/C11H17N3O2.ClH/c1-7-10(16-6-13-7)11(15)14-9-5-3-2-4-8(9)12;/h6,8-9H,2-5,12H2,1H3,(H,14,15);1H/t8-,9-;/m1./s1. The Balaban J connectivity index is 0.00000144. The number of nitrogens with two attached hydrogens (primary N) is 1. The molecule has 1 aliphatic rings. The molecule has 6 heteroatoms. The van der Waals surface area contributed by atoms with Crippen molar-refractivity contribution < 1.29 is 9.21 Å². The smallest absolute Gasteiger partial charge is 0.289 e. The van der Waals surface area contributed by atoms with Crippen LogP contribution < -0.4 is 11.1 Å². The third kappa shape index (κ3) is 3.20. The van der Waals surface area contributed by atoms with E-state index in [4.69, 9.17) is 10.2 Å². The predicted molar refractivity (Wildman–Crippen MR) is 66.2 cm³/mol. The fourth-order valence-electron chi connectivity index (χ4n) is 2.09. The summed E-state index contributed by atoms with van der Waals surface area (Å²) in [6.45, 7) is 1.75. The van der Waals surface area contributed by atoms with Crippen LogP contribution >= 0.6 is 12.4 Å². The maximum Gasteiger partial charge on any atom is 0.289 e. The number of aryl methyl sites for hydroxylation is 1. The average Bonchev–Trinajstić information content (AvgIpc) is 2.68. The molecule has 1 aliphatic carbocycles. The Bertz CT molecular complexity index is 381. The normalized spacial score (nSPS) is 23.9. The Hall–Kier alpha value is -1.07. The first kappa shape index (κ1) is 14.0. The zero-order valence-electron chi connectivity index (χ0n) is 9.81. The number of hydrogen-bond acceptors (Lipinski definition) is 4. The summed E-state index contributed by atoms with van der Waals surface area (Å²) in [7, 11) is 0. The molecule has 0 spiro atoms. The molecule has 1 fully saturated rings. The summed E-state index contributed by atoms with van der Waals surface area (Å²) in [6.07, 6.45) is 5.47. The molecule has 96 valence electrons. The number of nitrogens with one attached hydrogen (secondary N) is 1. The van der Waals surface area contributed by atoms with E-state index in [2.05, 4.69) is 10.3 Å². The zero-order valence-corrected chi connectivity index (χ0v) is 10.6. The van der Waals surface area contributed by atoms with Gasteiger partial charge in [0.1, 0.15) is 0 Å². The van der Waals surface area contributed by atoms with E-state index >= 15 is 0 Å². The van der Waals surface area contributed by atoms with Crippen molar-refractivity contribution in [2.45, 2.75) is 44.7 Å². The van der Waals surface area contributed by atoms with Crippen LogP contribution in [-0.2, 0) is 0 Å². The number of aromatic nitrogens is 1. The van der Waals surface area contributed by atoms with E-state index in [1.54, 1.807) is 6.92 Å². The molecule has 3 N–H and O–H groups in total. The largest absolute Gasteiger partial charge is 0.438 e. The van der Waals surface area contributed by atoms with E-state index < -0.39 is 0 Å². The van der Waals surface area contributed by atoms with Gasteiger partial charge in [-0.05, 0) is 19.8 Å². The Labute approximate surface area is 107 Å².